The van der Waals surface area contributed by atoms with E-state index >= 15 is 0 Å². The smallest absolute Gasteiger partial charge is 0.320 e. The summed E-state index contributed by atoms with van der Waals surface area (Å²) in [6.45, 7) is 7.26. The number of piperazine rings is 1. The third-order valence-electron chi connectivity index (χ3n) is 6.48. The molecule has 3 amide bonds. The first kappa shape index (κ1) is 24.1. The van der Waals surface area contributed by atoms with Crippen LogP contribution >= 0.6 is 0 Å². The zero-order valence-corrected chi connectivity index (χ0v) is 20.6. The monoisotopic (exact) mass is 484 g/mol. The second-order valence-electron chi connectivity index (χ2n) is 9.06. The van der Waals surface area contributed by atoms with E-state index in [0.29, 0.717) is 43.0 Å². The Hall–Kier alpha value is -3.07. The first-order valence-electron chi connectivity index (χ1n) is 11.8. The molecule has 0 atom stereocenters. The van der Waals surface area contributed by atoms with E-state index in [0.717, 1.165) is 31.5 Å². The van der Waals surface area contributed by atoms with Crippen molar-refractivity contribution in [1.82, 2.24) is 14.7 Å². The molecule has 2 aliphatic rings. The Balaban J connectivity index is 1.35. The van der Waals surface area contributed by atoms with Crippen molar-refractivity contribution in [2.75, 3.05) is 44.0 Å². The maximum atomic E-state index is 13.0. The lowest BCUT2D eigenvalue weighted by Gasteiger charge is -2.38. The molecule has 0 aliphatic carbocycles. The van der Waals surface area contributed by atoms with Gasteiger partial charge in [-0.05, 0) is 74.6 Å². The van der Waals surface area contributed by atoms with Crippen LogP contribution in [0.25, 0.3) is 0 Å². The standard InChI is InChI=1S/C25H32N4O4S/c1-19-6-7-20(2)23(18-19)34(32,33)26-22-10-8-21(9-11-22)24(30)27-14-16-29(17-15-27)25(31)28-12-4-3-5-13-28/h6-11,18,26H,3-5,12-17H2,1-2H3. The SMILES string of the molecule is Cc1ccc(C)c(S(=O)(=O)Nc2ccc(C(=O)N3CCN(C(=O)N4CCCCC4)CC3)cc2)c1. The van der Waals surface area contributed by atoms with Gasteiger partial charge in [0.1, 0.15) is 0 Å². The van der Waals surface area contributed by atoms with Crippen LogP contribution < -0.4 is 4.72 Å². The lowest BCUT2D eigenvalue weighted by Crippen LogP contribution is -2.54. The molecule has 2 saturated heterocycles. The summed E-state index contributed by atoms with van der Waals surface area (Å²) >= 11 is 0. The van der Waals surface area contributed by atoms with Crippen molar-refractivity contribution < 1.29 is 18.0 Å². The molecule has 8 nitrogen and oxygen atoms in total. The van der Waals surface area contributed by atoms with Gasteiger partial charge in [-0.2, -0.15) is 0 Å². The van der Waals surface area contributed by atoms with Gasteiger partial charge in [0.05, 0.1) is 4.90 Å². The number of anilines is 1. The summed E-state index contributed by atoms with van der Waals surface area (Å²) in [5.41, 5.74) is 2.42. The largest absolute Gasteiger partial charge is 0.335 e. The molecule has 0 radical (unpaired) electrons. The van der Waals surface area contributed by atoms with Gasteiger partial charge in [-0.3, -0.25) is 9.52 Å². The molecule has 1 N–H and O–H groups in total. The number of piperidine rings is 1. The predicted molar refractivity (Wildman–Crippen MR) is 131 cm³/mol. The van der Waals surface area contributed by atoms with Crippen LogP contribution in [0, 0.1) is 13.8 Å². The summed E-state index contributed by atoms with van der Waals surface area (Å²) < 4.78 is 28.2. The summed E-state index contributed by atoms with van der Waals surface area (Å²) in [4.78, 5) is 31.4. The zero-order chi connectivity index (χ0) is 24.3. The van der Waals surface area contributed by atoms with Gasteiger partial charge in [-0.1, -0.05) is 12.1 Å². The maximum Gasteiger partial charge on any atom is 0.320 e. The highest BCUT2D eigenvalue weighted by molar-refractivity contribution is 7.92. The van der Waals surface area contributed by atoms with Crippen LogP contribution in [0.15, 0.2) is 47.4 Å². The Morgan fingerprint density at radius 1 is 0.765 bits per heavy atom. The third kappa shape index (κ3) is 5.35. The Morgan fingerprint density at radius 2 is 1.35 bits per heavy atom. The summed E-state index contributed by atoms with van der Waals surface area (Å²) in [6, 6.07) is 11.9. The molecule has 0 bridgehead atoms. The number of likely N-dealkylation sites (tertiary alicyclic amines) is 1. The summed E-state index contributed by atoms with van der Waals surface area (Å²) in [5, 5.41) is 0. The number of carbonyl (C=O) groups is 2. The van der Waals surface area contributed by atoms with Crippen molar-refractivity contribution >= 4 is 27.6 Å². The second kappa shape index (κ2) is 10.0. The molecule has 0 unspecified atom stereocenters. The van der Waals surface area contributed by atoms with Crippen LogP contribution in [0.5, 0.6) is 0 Å². The quantitative estimate of drug-likeness (QED) is 0.720. The fraction of sp³-hybridized carbons (Fsp3) is 0.440. The molecule has 0 aromatic heterocycles. The molecule has 2 aromatic carbocycles. The number of hydrogen-bond donors (Lipinski definition) is 1. The number of aryl methyl sites for hydroxylation is 2. The van der Waals surface area contributed by atoms with E-state index < -0.39 is 10.0 Å². The van der Waals surface area contributed by atoms with Crippen molar-refractivity contribution in [1.29, 1.82) is 0 Å². The normalized spacial score (nSPS) is 16.9. The Morgan fingerprint density at radius 3 is 2.00 bits per heavy atom. The minimum atomic E-state index is -3.73. The van der Waals surface area contributed by atoms with Gasteiger partial charge in [0, 0.05) is 50.5 Å². The van der Waals surface area contributed by atoms with Crippen molar-refractivity contribution in [2.24, 2.45) is 0 Å². The van der Waals surface area contributed by atoms with E-state index in [-0.39, 0.29) is 16.8 Å². The third-order valence-corrected chi connectivity index (χ3v) is 8.00. The summed E-state index contributed by atoms with van der Waals surface area (Å²) in [5.74, 6) is -0.117. The zero-order valence-electron chi connectivity index (χ0n) is 19.8. The number of urea groups is 1. The van der Waals surface area contributed by atoms with Crippen molar-refractivity contribution in [2.45, 2.75) is 38.0 Å². The average Bonchev–Trinajstić information content (AvgIpc) is 2.85. The number of amides is 3. The summed E-state index contributed by atoms with van der Waals surface area (Å²) in [6.07, 6.45) is 3.29. The lowest BCUT2D eigenvalue weighted by molar-refractivity contribution is 0.0633. The molecule has 2 aromatic rings. The minimum absolute atomic E-state index is 0.0762. The fourth-order valence-corrected chi connectivity index (χ4v) is 5.85. The minimum Gasteiger partial charge on any atom is -0.335 e. The highest BCUT2D eigenvalue weighted by Gasteiger charge is 2.28. The molecule has 9 heteroatoms. The van der Waals surface area contributed by atoms with E-state index in [1.54, 1.807) is 48.2 Å². The van der Waals surface area contributed by atoms with E-state index in [4.69, 9.17) is 0 Å². The van der Waals surface area contributed by atoms with Gasteiger partial charge < -0.3 is 14.7 Å². The highest BCUT2D eigenvalue weighted by atomic mass is 32.2. The van der Waals surface area contributed by atoms with E-state index in [9.17, 15) is 18.0 Å². The van der Waals surface area contributed by atoms with Gasteiger partial charge in [0.25, 0.3) is 15.9 Å². The average molecular weight is 485 g/mol. The molecule has 0 saturated carbocycles. The molecule has 2 aliphatic heterocycles. The first-order valence-corrected chi connectivity index (χ1v) is 13.3. The fourth-order valence-electron chi connectivity index (χ4n) is 4.46. The molecule has 2 heterocycles. The molecular formula is C25H32N4O4S. The maximum absolute atomic E-state index is 13.0. The number of hydrogen-bond acceptors (Lipinski definition) is 4. The first-order chi connectivity index (χ1) is 16.2. The number of nitrogens with zero attached hydrogens (tertiary/aromatic N) is 3. The Bertz CT molecular complexity index is 1150. The number of carbonyl (C=O) groups excluding carboxylic acids is 2. The van der Waals surface area contributed by atoms with Gasteiger partial charge in [0.2, 0.25) is 0 Å². The van der Waals surface area contributed by atoms with Crippen molar-refractivity contribution in [3.63, 3.8) is 0 Å². The summed E-state index contributed by atoms with van der Waals surface area (Å²) in [7, 11) is -3.73. The van der Waals surface area contributed by atoms with Crippen LogP contribution in [0.3, 0.4) is 0 Å². The van der Waals surface area contributed by atoms with Crippen LogP contribution in [0.2, 0.25) is 0 Å². The van der Waals surface area contributed by atoms with Gasteiger partial charge in [-0.25, -0.2) is 13.2 Å². The van der Waals surface area contributed by atoms with Gasteiger partial charge in [0.15, 0.2) is 0 Å². The Labute approximate surface area is 201 Å². The van der Waals surface area contributed by atoms with Crippen molar-refractivity contribution in [3.8, 4) is 0 Å². The number of nitrogens with one attached hydrogen (secondary N) is 1. The molecule has 2 fully saturated rings. The van der Waals surface area contributed by atoms with Crippen LogP contribution in [-0.2, 0) is 10.0 Å². The number of rotatable bonds is 4. The molecule has 4 rings (SSSR count). The molecular weight excluding hydrogens is 452 g/mol. The van der Waals surface area contributed by atoms with Crippen LogP contribution in [0.4, 0.5) is 10.5 Å². The molecule has 34 heavy (non-hydrogen) atoms. The van der Waals surface area contributed by atoms with E-state index in [2.05, 4.69) is 4.72 Å². The highest BCUT2D eigenvalue weighted by Crippen LogP contribution is 2.22. The van der Waals surface area contributed by atoms with Crippen LogP contribution in [0.1, 0.15) is 40.7 Å². The lowest BCUT2D eigenvalue weighted by atomic mass is 10.1. The number of sulfonamides is 1. The topological polar surface area (TPSA) is 90.0 Å². The van der Waals surface area contributed by atoms with Gasteiger partial charge in [-0.15, -0.1) is 0 Å². The van der Waals surface area contributed by atoms with Crippen LogP contribution in [-0.4, -0.2) is 74.3 Å². The molecule has 0 spiro atoms. The van der Waals surface area contributed by atoms with Crippen molar-refractivity contribution in [3.05, 3.63) is 59.2 Å². The molecule has 182 valence electrons. The predicted octanol–water partition coefficient (Wildman–Crippen LogP) is 3.47. The second-order valence-corrected chi connectivity index (χ2v) is 10.7. The Kier molecular flexibility index (Phi) is 7.11. The van der Waals surface area contributed by atoms with E-state index in [1.165, 1.54) is 6.42 Å². The number of benzene rings is 2. The van der Waals surface area contributed by atoms with Gasteiger partial charge >= 0.3 is 6.03 Å². The van der Waals surface area contributed by atoms with E-state index in [1.807, 2.05) is 22.8 Å².